The largest absolute Gasteiger partial charge is 0.397 e. The predicted molar refractivity (Wildman–Crippen MR) is 51.2 cm³/mol. The molecule has 0 aliphatic heterocycles. The van der Waals surface area contributed by atoms with Gasteiger partial charge in [-0.15, -0.1) is 0 Å². The zero-order chi connectivity index (χ0) is 8.27. The van der Waals surface area contributed by atoms with Gasteiger partial charge < -0.3 is 11.2 Å². The Morgan fingerprint density at radius 2 is 2.18 bits per heavy atom. The molecule has 0 aliphatic rings. The summed E-state index contributed by atoms with van der Waals surface area (Å²) < 4.78 is 0.951. The molecule has 0 saturated heterocycles. The lowest BCUT2D eigenvalue weighted by atomic mass is 10.3. The molecule has 0 heterocycles. The average Bonchev–Trinajstić information content (AvgIpc) is 1.97. The summed E-state index contributed by atoms with van der Waals surface area (Å²) in [6.07, 6.45) is 0. The molecular formula is C7H10BrN3. The van der Waals surface area contributed by atoms with Crippen LogP contribution in [0.3, 0.4) is 0 Å². The van der Waals surface area contributed by atoms with Crippen LogP contribution in [0.1, 0.15) is 0 Å². The maximum absolute atomic E-state index is 5.67. The number of hydrazine groups is 1. The maximum Gasteiger partial charge on any atom is 0.0862 e. The van der Waals surface area contributed by atoms with E-state index in [1.54, 1.807) is 7.05 Å². The molecular weight excluding hydrogens is 206 g/mol. The lowest BCUT2D eigenvalue weighted by Crippen LogP contribution is -2.16. The summed E-state index contributed by atoms with van der Waals surface area (Å²) in [6, 6.07) is 5.65. The fourth-order valence-electron chi connectivity index (χ4n) is 0.798. The van der Waals surface area contributed by atoms with Gasteiger partial charge in [-0.3, -0.25) is 0 Å². The van der Waals surface area contributed by atoms with Crippen LogP contribution >= 0.6 is 15.9 Å². The lowest BCUT2D eigenvalue weighted by molar-refractivity contribution is 0.983. The van der Waals surface area contributed by atoms with E-state index >= 15 is 0 Å². The Labute approximate surface area is 74.1 Å². The third-order valence-corrected chi connectivity index (χ3v) is 1.96. The van der Waals surface area contributed by atoms with Crippen molar-refractivity contribution < 1.29 is 0 Å². The number of para-hydroxylation sites is 1. The highest BCUT2D eigenvalue weighted by molar-refractivity contribution is 9.10. The number of benzene rings is 1. The standard InChI is InChI=1S/C7H10BrN3/c1-10-11-7-5(8)3-2-4-6(7)9/h2-4,10-11H,9H2,1H3. The second-order valence-corrected chi connectivity index (χ2v) is 2.93. The number of hydrogen-bond donors (Lipinski definition) is 3. The third kappa shape index (κ3) is 1.85. The van der Waals surface area contributed by atoms with Crippen molar-refractivity contribution in [2.45, 2.75) is 0 Å². The fraction of sp³-hybridized carbons (Fsp3) is 0.143. The molecule has 1 aromatic carbocycles. The number of hydrogen-bond acceptors (Lipinski definition) is 3. The summed E-state index contributed by atoms with van der Waals surface area (Å²) in [5, 5.41) is 0. The number of nitrogens with one attached hydrogen (secondary N) is 2. The van der Waals surface area contributed by atoms with Crippen LogP contribution in [0.2, 0.25) is 0 Å². The van der Waals surface area contributed by atoms with E-state index in [4.69, 9.17) is 5.73 Å². The molecule has 3 nitrogen and oxygen atoms in total. The van der Waals surface area contributed by atoms with Crippen molar-refractivity contribution in [1.82, 2.24) is 5.43 Å². The van der Waals surface area contributed by atoms with Gasteiger partial charge in [-0.1, -0.05) is 6.07 Å². The van der Waals surface area contributed by atoms with Gasteiger partial charge in [-0.05, 0) is 28.1 Å². The Kier molecular flexibility index (Phi) is 2.73. The van der Waals surface area contributed by atoms with Crippen LogP contribution < -0.4 is 16.6 Å². The second-order valence-electron chi connectivity index (χ2n) is 2.08. The van der Waals surface area contributed by atoms with Crippen LogP contribution in [-0.2, 0) is 0 Å². The van der Waals surface area contributed by atoms with E-state index in [1.807, 2.05) is 18.2 Å². The number of halogens is 1. The van der Waals surface area contributed by atoms with Gasteiger partial charge in [0.15, 0.2) is 0 Å². The smallest absolute Gasteiger partial charge is 0.0862 e. The van der Waals surface area contributed by atoms with E-state index in [1.165, 1.54) is 0 Å². The number of rotatable bonds is 2. The first-order valence-electron chi connectivity index (χ1n) is 3.22. The van der Waals surface area contributed by atoms with Crippen LogP contribution in [0.15, 0.2) is 22.7 Å². The van der Waals surface area contributed by atoms with Crippen molar-refractivity contribution in [3.8, 4) is 0 Å². The molecule has 60 valence electrons. The molecule has 4 heteroatoms. The van der Waals surface area contributed by atoms with Crippen molar-refractivity contribution in [2.75, 3.05) is 18.2 Å². The van der Waals surface area contributed by atoms with Gasteiger partial charge in [0.2, 0.25) is 0 Å². The van der Waals surface area contributed by atoms with Crippen LogP contribution in [0.4, 0.5) is 11.4 Å². The minimum Gasteiger partial charge on any atom is -0.397 e. The Morgan fingerprint density at radius 1 is 1.45 bits per heavy atom. The zero-order valence-corrected chi connectivity index (χ0v) is 7.77. The van der Waals surface area contributed by atoms with Crippen molar-refractivity contribution in [1.29, 1.82) is 0 Å². The molecule has 1 rings (SSSR count). The van der Waals surface area contributed by atoms with E-state index in [2.05, 4.69) is 26.8 Å². The molecule has 4 N–H and O–H groups in total. The van der Waals surface area contributed by atoms with Crippen molar-refractivity contribution in [3.63, 3.8) is 0 Å². The highest BCUT2D eigenvalue weighted by Crippen LogP contribution is 2.27. The number of nitrogen functional groups attached to an aromatic ring is 1. The number of anilines is 2. The summed E-state index contributed by atoms with van der Waals surface area (Å²) in [7, 11) is 1.79. The van der Waals surface area contributed by atoms with Gasteiger partial charge >= 0.3 is 0 Å². The minimum absolute atomic E-state index is 0.716. The Hall–Kier alpha value is -0.740. The van der Waals surface area contributed by atoms with Gasteiger partial charge in [0.05, 0.1) is 11.4 Å². The second kappa shape index (κ2) is 3.59. The summed E-state index contributed by atoms with van der Waals surface area (Å²) in [5.74, 6) is 0. The fourth-order valence-corrected chi connectivity index (χ4v) is 1.28. The van der Waals surface area contributed by atoms with Gasteiger partial charge in [0, 0.05) is 11.5 Å². The van der Waals surface area contributed by atoms with Gasteiger partial charge in [-0.2, -0.15) is 0 Å². The quantitative estimate of drug-likeness (QED) is 0.519. The molecule has 0 unspecified atom stereocenters. The minimum atomic E-state index is 0.716. The van der Waals surface area contributed by atoms with Crippen LogP contribution in [-0.4, -0.2) is 7.05 Å². The van der Waals surface area contributed by atoms with Crippen molar-refractivity contribution >= 4 is 27.3 Å². The van der Waals surface area contributed by atoms with Crippen LogP contribution in [0.5, 0.6) is 0 Å². The van der Waals surface area contributed by atoms with E-state index in [-0.39, 0.29) is 0 Å². The summed E-state index contributed by atoms with van der Waals surface area (Å²) in [5.41, 5.74) is 13.0. The molecule has 0 aromatic heterocycles. The first kappa shape index (κ1) is 8.36. The molecule has 1 aromatic rings. The van der Waals surface area contributed by atoms with Gasteiger partial charge in [-0.25, -0.2) is 5.43 Å². The highest BCUT2D eigenvalue weighted by Gasteiger charge is 2.00. The lowest BCUT2D eigenvalue weighted by Gasteiger charge is -2.08. The highest BCUT2D eigenvalue weighted by atomic mass is 79.9. The average molecular weight is 216 g/mol. The van der Waals surface area contributed by atoms with Gasteiger partial charge in [0.25, 0.3) is 0 Å². The maximum atomic E-state index is 5.67. The SMILES string of the molecule is CNNc1c(N)cccc1Br. The van der Waals surface area contributed by atoms with Crippen molar-refractivity contribution in [2.24, 2.45) is 0 Å². The molecule has 0 fully saturated rings. The molecule has 11 heavy (non-hydrogen) atoms. The number of nitrogens with two attached hydrogens (primary N) is 1. The van der Waals surface area contributed by atoms with E-state index < -0.39 is 0 Å². The normalized spacial score (nSPS) is 9.64. The molecule has 0 amide bonds. The van der Waals surface area contributed by atoms with Crippen LogP contribution in [0.25, 0.3) is 0 Å². The third-order valence-electron chi connectivity index (χ3n) is 1.30. The van der Waals surface area contributed by atoms with E-state index in [9.17, 15) is 0 Å². The molecule has 0 atom stereocenters. The van der Waals surface area contributed by atoms with Gasteiger partial charge in [0.1, 0.15) is 0 Å². The summed E-state index contributed by atoms with van der Waals surface area (Å²) >= 11 is 3.37. The summed E-state index contributed by atoms with van der Waals surface area (Å²) in [4.78, 5) is 0. The first-order chi connectivity index (χ1) is 5.25. The van der Waals surface area contributed by atoms with Crippen molar-refractivity contribution in [3.05, 3.63) is 22.7 Å². The molecule has 0 aliphatic carbocycles. The van der Waals surface area contributed by atoms with Crippen LogP contribution in [0, 0.1) is 0 Å². The van der Waals surface area contributed by atoms with E-state index in [0.717, 1.165) is 10.2 Å². The molecule has 0 saturated carbocycles. The Balaban J connectivity index is 3.00. The summed E-state index contributed by atoms with van der Waals surface area (Å²) in [6.45, 7) is 0. The Bertz CT molecular complexity index is 229. The molecule has 0 radical (unpaired) electrons. The monoisotopic (exact) mass is 215 g/mol. The predicted octanol–water partition coefficient (Wildman–Crippen LogP) is 1.58. The molecule has 0 bridgehead atoms. The van der Waals surface area contributed by atoms with E-state index in [0.29, 0.717) is 5.69 Å². The Morgan fingerprint density at radius 3 is 2.73 bits per heavy atom. The topological polar surface area (TPSA) is 50.1 Å². The first-order valence-corrected chi connectivity index (χ1v) is 4.01. The zero-order valence-electron chi connectivity index (χ0n) is 6.19. The molecule has 0 spiro atoms.